The summed E-state index contributed by atoms with van der Waals surface area (Å²) in [5, 5.41) is 5.77. The predicted molar refractivity (Wildman–Crippen MR) is 131 cm³/mol. The molecule has 2 N–H and O–H groups in total. The second kappa shape index (κ2) is 7.79. The Morgan fingerprint density at radius 2 is 1.39 bits per heavy atom. The van der Waals surface area contributed by atoms with Gasteiger partial charge >= 0.3 is 0 Å². The number of carbonyl (C=O) groups excluding carboxylic acids is 2. The van der Waals surface area contributed by atoms with Crippen LogP contribution in [-0.4, -0.2) is 32.7 Å². The molecular weight excluding hydrogens is 456 g/mol. The van der Waals surface area contributed by atoms with Crippen LogP contribution in [0.25, 0.3) is 27.9 Å². The Bertz CT molecular complexity index is 1550. The number of hydrogen-bond donors (Lipinski definition) is 2. The van der Waals surface area contributed by atoms with Crippen molar-refractivity contribution in [3.8, 4) is 22.3 Å². The Kier molecular flexibility index (Phi) is 4.74. The number of nitrogens with one attached hydrogen (secondary N) is 2. The standard InChI is InChI=1S/C24H16N4O3S2/c29-21-11-32-19-5-3-13(8-17(19)26-21)15-2-1-7-28-23(15)25-10-16(24(28)31)14-4-6-20-18(9-14)27-22(30)12-33-20/h1-10H,11-12H2,(H,26,29)(H,27,30). The molecule has 2 aromatic heterocycles. The molecule has 0 aliphatic carbocycles. The molecule has 4 heterocycles. The molecule has 0 radical (unpaired) electrons. The number of thioether (sulfide) groups is 2. The normalized spacial score (nSPS) is 14.9. The summed E-state index contributed by atoms with van der Waals surface area (Å²) < 4.78 is 1.53. The first-order valence-electron chi connectivity index (χ1n) is 10.2. The van der Waals surface area contributed by atoms with Gasteiger partial charge < -0.3 is 10.6 Å². The lowest BCUT2D eigenvalue weighted by molar-refractivity contribution is -0.114. The molecule has 0 bridgehead atoms. The summed E-state index contributed by atoms with van der Waals surface area (Å²) in [7, 11) is 0. The molecule has 0 spiro atoms. The first-order chi connectivity index (χ1) is 16.1. The van der Waals surface area contributed by atoms with Crippen LogP contribution in [0.1, 0.15) is 0 Å². The number of amides is 2. The fourth-order valence-electron chi connectivity index (χ4n) is 4.03. The molecule has 6 rings (SSSR count). The maximum Gasteiger partial charge on any atom is 0.265 e. The molecular formula is C24H16N4O3S2. The number of nitrogens with zero attached hydrogens (tertiary/aromatic N) is 2. The van der Waals surface area contributed by atoms with Gasteiger partial charge in [-0.05, 0) is 47.5 Å². The van der Waals surface area contributed by atoms with E-state index in [1.807, 2.05) is 48.5 Å². The second-order valence-electron chi connectivity index (χ2n) is 7.69. The van der Waals surface area contributed by atoms with Crippen molar-refractivity contribution < 1.29 is 9.59 Å². The van der Waals surface area contributed by atoms with E-state index in [2.05, 4.69) is 15.6 Å². The number of aromatic nitrogens is 2. The van der Waals surface area contributed by atoms with E-state index in [0.29, 0.717) is 34.0 Å². The fourth-order valence-corrected chi connectivity index (χ4v) is 5.61. The molecule has 0 saturated heterocycles. The number of pyridine rings is 1. The van der Waals surface area contributed by atoms with Gasteiger partial charge in [-0.25, -0.2) is 4.98 Å². The second-order valence-corrected chi connectivity index (χ2v) is 9.72. The van der Waals surface area contributed by atoms with Gasteiger partial charge in [0.15, 0.2) is 0 Å². The third-order valence-electron chi connectivity index (χ3n) is 5.58. The summed E-state index contributed by atoms with van der Waals surface area (Å²) in [4.78, 5) is 43.6. The number of anilines is 2. The molecule has 0 atom stereocenters. The van der Waals surface area contributed by atoms with Crippen LogP contribution in [0.15, 0.2) is 75.5 Å². The van der Waals surface area contributed by atoms with Crippen molar-refractivity contribution in [3.05, 3.63) is 71.3 Å². The van der Waals surface area contributed by atoms with E-state index in [0.717, 1.165) is 26.6 Å². The summed E-state index contributed by atoms with van der Waals surface area (Å²) >= 11 is 2.98. The topological polar surface area (TPSA) is 92.6 Å². The zero-order chi connectivity index (χ0) is 22.5. The van der Waals surface area contributed by atoms with E-state index < -0.39 is 0 Å². The van der Waals surface area contributed by atoms with Gasteiger partial charge in [0, 0.05) is 27.7 Å². The van der Waals surface area contributed by atoms with Gasteiger partial charge in [-0.1, -0.05) is 12.1 Å². The monoisotopic (exact) mass is 472 g/mol. The molecule has 2 amide bonds. The van der Waals surface area contributed by atoms with Crippen LogP contribution >= 0.6 is 23.5 Å². The largest absolute Gasteiger partial charge is 0.324 e. The predicted octanol–water partition coefficient (Wildman–Crippen LogP) is 4.12. The molecule has 7 nitrogen and oxygen atoms in total. The minimum Gasteiger partial charge on any atom is -0.324 e. The summed E-state index contributed by atoms with van der Waals surface area (Å²) in [6.45, 7) is 0. The highest BCUT2D eigenvalue weighted by Crippen LogP contribution is 2.36. The maximum atomic E-state index is 13.4. The minimum absolute atomic E-state index is 0.0267. The molecule has 2 aromatic carbocycles. The lowest BCUT2D eigenvalue weighted by Gasteiger charge is -2.18. The minimum atomic E-state index is -0.196. The van der Waals surface area contributed by atoms with E-state index >= 15 is 0 Å². The van der Waals surface area contributed by atoms with Crippen LogP contribution in [0.2, 0.25) is 0 Å². The van der Waals surface area contributed by atoms with Crippen LogP contribution in [-0.2, 0) is 9.59 Å². The van der Waals surface area contributed by atoms with Gasteiger partial charge in [0.25, 0.3) is 5.56 Å². The molecule has 33 heavy (non-hydrogen) atoms. The van der Waals surface area contributed by atoms with Crippen molar-refractivity contribution in [2.75, 3.05) is 22.1 Å². The number of hydrogen-bond acceptors (Lipinski definition) is 6. The van der Waals surface area contributed by atoms with Crippen LogP contribution in [0, 0.1) is 0 Å². The average molecular weight is 473 g/mol. The molecule has 4 aromatic rings. The van der Waals surface area contributed by atoms with Gasteiger partial charge in [-0.2, -0.15) is 0 Å². The SMILES string of the molecule is O=C1CSc2ccc(-c3cnc4c(-c5ccc6c(c5)NC(=O)CS6)cccn4c3=O)cc2N1. The Morgan fingerprint density at radius 1 is 0.788 bits per heavy atom. The van der Waals surface area contributed by atoms with Gasteiger partial charge in [0.2, 0.25) is 11.8 Å². The van der Waals surface area contributed by atoms with Crippen LogP contribution in [0.3, 0.4) is 0 Å². The van der Waals surface area contributed by atoms with Gasteiger partial charge in [0.05, 0.1) is 28.4 Å². The summed E-state index contributed by atoms with van der Waals surface area (Å²) in [6.07, 6.45) is 3.28. The van der Waals surface area contributed by atoms with E-state index in [1.165, 1.54) is 27.9 Å². The number of carbonyl (C=O) groups is 2. The van der Waals surface area contributed by atoms with Gasteiger partial charge in [-0.15, -0.1) is 23.5 Å². The number of benzene rings is 2. The van der Waals surface area contributed by atoms with Crippen LogP contribution in [0.4, 0.5) is 11.4 Å². The Balaban J connectivity index is 1.46. The van der Waals surface area contributed by atoms with E-state index in [1.54, 1.807) is 12.4 Å². The zero-order valence-corrected chi connectivity index (χ0v) is 18.8. The molecule has 0 unspecified atom stereocenters. The fraction of sp³-hybridized carbons (Fsp3) is 0.0833. The lowest BCUT2D eigenvalue weighted by atomic mass is 10.0. The highest BCUT2D eigenvalue weighted by atomic mass is 32.2. The zero-order valence-electron chi connectivity index (χ0n) is 17.1. The first kappa shape index (κ1) is 20.1. The van der Waals surface area contributed by atoms with E-state index in [4.69, 9.17) is 0 Å². The first-order valence-corrected chi connectivity index (χ1v) is 12.2. The van der Waals surface area contributed by atoms with Gasteiger partial charge in [0.1, 0.15) is 5.65 Å². The quantitative estimate of drug-likeness (QED) is 0.456. The summed E-state index contributed by atoms with van der Waals surface area (Å²) in [5.41, 5.74) is 4.62. The Labute approximate surface area is 196 Å². The lowest BCUT2D eigenvalue weighted by Crippen LogP contribution is -2.20. The summed E-state index contributed by atoms with van der Waals surface area (Å²) in [6, 6.07) is 15.2. The average Bonchev–Trinajstić information content (AvgIpc) is 2.83. The maximum absolute atomic E-state index is 13.4. The Hall–Kier alpha value is -3.56. The van der Waals surface area contributed by atoms with Crippen molar-refractivity contribution in [1.82, 2.24) is 9.38 Å². The Morgan fingerprint density at radius 3 is 2.03 bits per heavy atom. The van der Waals surface area contributed by atoms with Gasteiger partial charge in [-0.3, -0.25) is 18.8 Å². The number of fused-ring (bicyclic) bond motifs is 3. The third-order valence-corrected chi connectivity index (χ3v) is 7.73. The summed E-state index contributed by atoms with van der Waals surface area (Å²) in [5.74, 6) is 0.717. The van der Waals surface area contributed by atoms with Crippen molar-refractivity contribution in [2.24, 2.45) is 0 Å². The van der Waals surface area contributed by atoms with Crippen molar-refractivity contribution in [2.45, 2.75) is 9.79 Å². The molecule has 2 aliphatic heterocycles. The van der Waals surface area contributed by atoms with Crippen molar-refractivity contribution in [1.29, 1.82) is 0 Å². The van der Waals surface area contributed by atoms with E-state index in [9.17, 15) is 14.4 Å². The third kappa shape index (κ3) is 3.49. The smallest absolute Gasteiger partial charge is 0.265 e. The molecule has 0 fully saturated rings. The van der Waals surface area contributed by atoms with E-state index in [-0.39, 0.29) is 17.4 Å². The van der Waals surface area contributed by atoms with Crippen LogP contribution in [0.5, 0.6) is 0 Å². The highest BCUT2D eigenvalue weighted by molar-refractivity contribution is 8.00. The molecule has 2 aliphatic rings. The number of rotatable bonds is 2. The van der Waals surface area contributed by atoms with Crippen molar-refractivity contribution >= 4 is 52.4 Å². The van der Waals surface area contributed by atoms with Crippen LogP contribution < -0.4 is 16.2 Å². The molecule has 162 valence electrons. The molecule has 9 heteroatoms. The highest BCUT2D eigenvalue weighted by Gasteiger charge is 2.19. The molecule has 0 saturated carbocycles. The van der Waals surface area contributed by atoms with Crippen molar-refractivity contribution in [3.63, 3.8) is 0 Å².